The summed E-state index contributed by atoms with van der Waals surface area (Å²) in [7, 11) is -2.81. The van der Waals surface area contributed by atoms with Gasteiger partial charge in [-0.15, -0.1) is 0 Å². The maximum Gasteiger partial charge on any atom is 0.339 e. The Labute approximate surface area is 141 Å². The van der Waals surface area contributed by atoms with Crippen LogP contribution >= 0.6 is 0 Å². The predicted octanol–water partition coefficient (Wildman–Crippen LogP) is 1.48. The maximum atomic E-state index is 12.4. The average Bonchev–Trinajstić information content (AvgIpc) is 2.48. The van der Waals surface area contributed by atoms with Crippen LogP contribution < -0.4 is 0 Å². The molecule has 0 saturated carbocycles. The molecule has 0 N–H and O–H groups in total. The summed E-state index contributed by atoms with van der Waals surface area (Å²) in [6, 6.07) is 0. The molecule has 0 aromatic rings. The number of esters is 1. The zero-order valence-corrected chi connectivity index (χ0v) is 15.5. The standard InChI is InChI=1S/C16H22O7S/c1-9-10(2)14(18)12(11(3)13(9)17)7-8-16(4,15(19)22-5)23-24(6,20)21/h7-8H2,1-6H3/t16-/m1/s1. The molecule has 0 radical (unpaired) electrons. The van der Waals surface area contributed by atoms with E-state index in [1.165, 1.54) is 6.92 Å². The van der Waals surface area contributed by atoms with Crippen LogP contribution in [0.25, 0.3) is 0 Å². The van der Waals surface area contributed by atoms with Gasteiger partial charge in [-0.3, -0.25) is 13.8 Å². The van der Waals surface area contributed by atoms with Gasteiger partial charge in [0.05, 0.1) is 13.4 Å². The summed E-state index contributed by atoms with van der Waals surface area (Å²) in [6.45, 7) is 5.97. The van der Waals surface area contributed by atoms with Crippen molar-refractivity contribution in [2.24, 2.45) is 0 Å². The zero-order chi connectivity index (χ0) is 18.9. The van der Waals surface area contributed by atoms with Gasteiger partial charge in [-0.2, -0.15) is 8.42 Å². The molecule has 0 amide bonds. The van der Waals surface area contributed by atoms with E-state index in [0.29, 0.717) is 16.7 Å². The Morgan fingerprint density at radius 2 is 1.54 bits per heavy atom. The van der Waals surface area contributed by atoms with Gasteiger partial charge in [-0.1, -0.05) is 0 Å². The minimum atomic E-state index is -3.93. The molecule has 1 atom stereocenters. The molecule has 0 aromatic heterocycles. The van der Waals surface area contributed by atoms with E-state index in [1.807, 2.05) is 0 Å². The Kier molecular flexibility index (Phi) is 5.89. The van der Waals surface area contributed by atoms with E-state index < -0.39 is 21.7 Å². The van der Waals surface area contributed by atoms with Crippen LogP contribution in [0, 0.1) is 0 Å². The number of ether oxygens (including phenoxy) is 1. The average molecular weight is 358 g/mol. The predicted molar refractivity (Wildman–Crippen MR) is 86.7 cm³/mol. The number of hydrogen-bond acceptors (Lipinski definition) is 7. The Balaban J connectivity index is 3.13. The highest BCUT2D eigenvalue weighted by molar-refractivity contribution is 7.86. The lowest BCUT2D eigenvalue weighted by molar-refractivity contribution is -0.157. The van der Waals surface area contributed by atoms with E-state index in [4.69, 9.17) is 4.18 Å². The summed E-state index contributed by atoms with van der Waals surface area (Å²) in [4.78, 5) is 36.5. The van der Waals surface area contributed by atoms with Crippen LogP contribution in [0.3, 0.4) is 0 Å². The topological polar surface area (TPSA) is 104 Å². The molecule has 1 aliphatic carbocycles. The summed E-state index contributed by atoms with van der Waals surface area (Å²) >= 11 is 0. The monoisotopic (exact) mass is 358 g/mol. The van der Waals surface area contributed by atoms with Crippen LogP contribution in [0.1, 0.15) is 40.5 Å². The van der Waals surface area contributed by atoms with Crippen molar-refractivity contribution < 1.29 is 31.7 Å². The van der Waals surface area contributed by atoms with E-state index in [1.54, 1.807) is 20.8 Å². The first-order valence-electron chi connectivity index (χ1n) is 7.29. The van der Waals surface area contributed by atoms with Gasteiger partial charge in [0.25, 0.3) is 10.1 Å². The molecule has 0 fully saturated rings. The highest BCUT2D eigenvalue weighted by Gasteiger charge is 2.40. The van der Waals surface area contributed by atoms with Crippen LogP contribution in [0.5, 0.6) is 0 Å². The first-order valence-corrected chi connectivity index (χ1v) is 9.11. The van der Waals surface area contributed by atoms with E-state index in [-0.39, 0.29) is 30.0 Å². The molecule has 0 aromatic carbocycles. The summed E-state index contributed by atoms with van der Waals surface area (Å²) < 4.78 is 32.3. The van der Waals surface area contributed by atoms with Gasteiger partial charge < -0.3 is 4.74 Å². The first-order chi connectivity index (χ1) is 10.8. The fourth-order valence-electron chi connectivity index (χ4n) is 2.55. The number of allylic oxidation sites excluding steroid dienone is 4. The summed E-state index contributed by atoms with van der Waals surface area (Å²) in [5.74, 6) is -1.38. The molecule has 8 heteroatoms. The molecule has 7 nitrogen and oxygen atoms in total. The van der Waals surface area contributed by atoms with Crippen molar-refractivity contribution in [1.29, 1.82) is 0 Å². The third-order valence-corrected chi connectivity index (χ3v) is 4.79. The lowest BCUT2D eigenvalue weighted by atomic mass is 9.82. The van der Waals surface area contributed by atoms with Gasteiger partial charge in [0.1, 0.15) is 0 Å². The Hall–Kier alpha value is -1.80. The lowest BCUT2D eigenvalue weighted by Gasteiger charge is -2.27. The Bertz CT molecular complexity index is 755. The quantitative estimate of drug-likeness (QED) is 0.402. The minimum absolute atomic E-state index is 0.0160. The van der Waals surface area contributed by atoms with Gasteiger partial charge in [0.15, 0.2) is 17.2 Å². The highest BCUT2D eigenvalue weighted by atomic mass is 32.2. The number of Topliss-reactive ketones (excluding diaryl/α,β-unsaturated/α-hetero) is 2. The van der Waals surface area contributed by atoms with Gasteiger partial charge >= 0.3 is 5.97 Å². The third-order valence-electron chi connectivity index (χ3n) is 4.12. The third kappa shape index (κ3) is 4.18. The fraction of sp³-hybridized carbons (Fsp3) is 0.562. The molecule has 1 aliphatic rings. The zero-order valence-electron chi connectivity index (χ0n) is 14.7. The molecular formula is C16H22O7S. The van der Waals surface area contributed by atoms with E-state index in [2.05, 4.69) is 4.74 Å². The minimum Gasteiger partial charge on any atom is -0.467 e. The number of methoxy groups -OCH3 is 1. The smallest absolute Gasteiger partial charge is 0.339 e. The first kappa shape index (κ1) is 20.2. The van der Waals surface area contributed by atoms with E-state index in [0.717, 1.165) is 13.4 Å². The van der Waals surface area contributed by atoms with Crippen molar-refractivity contribution in [2.75, 3.05) is 13.4 Å². The second-order valence-corrected chi connectivity index (χ2v) is 7.60. The molecule has 1 rings (SSSR count). The van der Waals surface area contributed by atoms with Gasteiger partial charge in [0, 0.05) is 22.3 Å². The van der Waals surface area contributed by atoms with Crippen molar-refractivity contribution in [3.8, 4) is 0 Å². The molecule has 134 valence electrons. The van der Waals surface area contributed by atoms with Crippen LogP contribution in [0.15, 0.2) is 22.3 Å². The van der Waals surface area contributed by atoms with E-state index >= 15 is 0 Å². The molecule has 0 bridgehead atoms. The molecule has 24 heavy (non-hydrogen) atoms. The van der Waals surface area contributed by atoms with Crippen LogP contribution in [-0.4, -0.2) is 44.9 Å². The van der Waals surface area contributed by atoms with Crippen molar-refractivity contribution >= 4 is 27.7 Å². The van der Waals surface area contributed by atoms with E-state index in [9.17, 15) is 22.8 Å². The molecular weight excluding hydrogens is 336 g/mol. The Morgan fingerprint density at radius 1 is 1.04 bits per heavy atom. The lowest BCUT2D eigenvalue weighted by Crippen LogP contribution is -2.41. The number of ketones is 2. The van der Waals surface area contributed by atoms with Gasteiger partial charge in [-0.05, 0) is 40.5 Å². The van der Waals surface area contributed by atoms with Gasteiger partial charge in [-0.25, -0.2) is 4.79 Å². The van der Waals surface area contributed by atoms with Gasteiger partial charge in [0.2, 0.25) is 0 Å². The number of carbonyl (C=O) groups is 3. The number of hydrogen-bond donors (Lipinski definition) is 0. The highest BCUT2D eigenvalue weighted by Crippen LogP contribution is 2.31. The Morgan fingerprint density at radius 3 is 2.00 bits per heavy atom. The normalized spacial score (nSPS) is 18.8. The molecule has 0 aliphatic heterocycles. The molecule has 0 spiro atoms. The van der Waals surface area contributed by atoms with Crippen LogP contribution in [0.2, 0.25) is 0 Å². The molecule has 0 saturated heterocycles. The molecule has 0 unspecified atom stereocenters. The number of carbonyl (C=O) groups excluding carboxylic acids is 3. The maximum absolute atomic E-state index is 12.4. The summed E-state index contributed by atoms with van der Waals surface area (Å²) in [5.41, 5.74) is -0.470. The molecule has 0 heterocycles. The van der Waals surface area contributed by atoms with Crippen molar-refractivity contribution in [3.63, 3.8) is 0 Å². The second kappa shape index (κ2) is 6.98. The largest absolute Gasteiger partial charge is 0.467 e. The van der Waals surface area contributed by atoms with Crippen LogP contribution in [-0.2, 0) is 33.4 Å². The number of rotatable bonds is 6. The SMILES string of the molecule is COC(=O)[C@@](C)(CCC1=C(C)C(=O)C(C)=C(C)C1=O)OS(C)(=O)=O. The van der Waals surface area contributed by atoms with Crippen molar-refractivity contribution in [1.82, 2.24) is 0 Å². The second-order valence-electron chi connectivity index (χ2n) is 6.02. The summed E-state index contributed by atoms with van der Waals surface area (Å²) in [6.07, 6.45) is 0.719. The fourth-order valence-corrected chi connectivity index (χ4v) is 3.37. The van der Waals surface area contributed by atoms with Crippen molar-refractivity contribution in [2.45, 2.75) is 46.1 Å². The summed E-state index contributed by atoms with van der Waals surface area (Å²) in [5, 5.41) is 0. The van der Waals surface area contributed by atoms with Crippen LogP contribution in [0.4, 0.5) is 0 Å². The van der Waals surface area contributed by atoms with Crippen molar-refractivity contribution in [3.05, 3.63) is 22.3 Å².